The Hall–Kier alpha value is -2.07. The number of carbonyl (C=O) groups excluding carboxylic acids is 1. The van der Waals surface area contributed by atoms with Gasteiger partial charge in [-0.3, -0.25) is 4.79 Å². The molecule has 0 N–H and O–H groups in total. The number of hydrogen-bond acceptors (Lipinski definition) is 2. The van der Waals surface area contributed by atoms with Crippen LogP contribution in [0.5, 0.6) is 5.75 Å². The first-order valence-corrected chi connectivity index (χ1v) is 7.48. The van der Waals surface area contributed by atoms with Crippen molar-refractivity contribution in [3.05, 3.63) is 64.8 Å². The molecule has 3 aromatic rings. The molecule has 0 aliphatic carbocycles. The number of benzene rings is 2. The van der Waals surface area contributed by atoms with Gasteiger partial charge in [0.15, 0.2) is 0 Å². The molecule has 106 valence electrons. The van der Waals surface area contributed by atoms with Crippen LogP contribution >= 0.6 is 15.9 Å². The number of rotatable bonds is 5. The molecule has 0 fully saturated rings. The van der Waals surface area contributed by atoms with Crippen LogP contribution in [0.3, 0.4) is 0 Å². The molecule has 0 bridgehead atoms. The van der Waals surface area contributed by atoms with Crippen LogP contribution in [0.15, 0.2) is 59.2 Å². The minimum Gasteiger partial charge on any atom is -0.492 e. The molecule has 21 heavy (non-hydrogen) atoms. The van der Waals surface area contributed by atoms with Crippen molar-refractivity contribution in [3.8, 4) is 5.75 Å². The van der Waals surface area contributed by atoms with Crippen LogP contribution in [0, 0.1) is 0 Å². The Labute approximate surface area is 131 Å². The quantitative estimate of drug-likeness (QED) is 0.647. The molecule has 1 aromatic heterocycles. The molecule has 0 amide bonds. The standard InChI is InChI=1S/C17H14BrNO2/c18-15-2-1-3-16(11-15)21-9-8-19-7-6-14-5-4-13(12-20)10-17(14)19/h1-7,10-12H,8-9H2. The van der Waals surface area contributed by atoms with Crippen molar-refractivity contribution in [2.45, 2.75) is 6.54 Å². The van der Waals surface area contributed by atoms with Gasteiger partial charge in [0.1, 0.15) is 18.6 Å². The van der Waals surface area contributed by atoms with E-state index in [1.807, 2.05) is 54.7 Å². The molecule has 1 heterocycles. The van der Waals surface area contributed by atoms with E-state index in [9.17, 15) is 4.79 Å². The van der Waals surface area contributed by atoms with Crippen LogP contribution in [0.25, 0.3) is 10.9 Å². The Balaban J connectivity index is 1.72. The average Bonchev–Trinajstić information content (AvgIpc) is 2.90. The smallest absolute Gasteiger partial charge is 0.150 e. The topological polar surface area (TPSA) is 31.2 Å². The Kier molecular flexibility index (Phi) is 4.06. The lowest BCUT2D eigenvalue weighted by Crippen LogP contribution is -2.07. The van der Waals surface area contributed by atoms with Gasteiger partial charge in [-0.15, -0.1) is 0 Å². The Bertz CT molecular complexity index is 779. The third-order valence-corrected chi connectivity index (χ3v) is 3.82. The van der Waals surface area contributed by atoms with E-state index in [-0.39, 0.29) is 0 Å². The Morgan fingerprint density at radius 1 is 1.14 bits per heavy atom. The van der Waals surface area contributed by atoms with Crippen LogP contribution in [0.2, 0.25) is 0 Å². The van der Waals surface area contributed by atoms with Crippen LogP contribution in [0.1, 0.15) is 10.4 Å². The molecule has 0 saturated carbocycles. The molecule has 0 unspecified atom stereocenters. The second-order valence-electron chi connectivity index (χ2n) is 4.75. The highest BCUT2D eigenvalue weighted by atomic mass is 79.9. The summed E-state index contributed by atoms with van der Waals surface area (Å²) in [6.07, 6.45) is 2.89. The molecule has 0 aliphatic rings. The minimum absolute atomic E-state index is 0.575. The number of ether oxygens (including phenoxy) is 1. The fourth-order valence-corrected chi connectivity index (χ4v) is 2.67. The lowest BCUT2D eigenvalue weighted by atomic mass is 10.2. The molecule has 3 rings (SSSR count). The van der Waals surface area contributed by atoms with E-state index in [0.717, 1.165) is 34.0 Å². The Morgan fingerprint density at radius 2 is 2.05 bits per heavy atom. The summed E-state index contributed by atoms with van der Waals surface area (Å²) < 4.78 is 8.84. The molecule has 0 saturated heterocycles. The van der Waals surface area contributed by atoms with Crippen molar-refractivity contribution in [3.63, 3.8) is 0 Å². The van der Waals surface area contributed by atoms with E-state index in [1.165, 1.54) is 0 Å². The van der Waals surface area contributed by atoms with Crippen molar-refractivity contribution in [1.82, 2.24) is 4.57 Å². The number of halogens is 1. The van der Waals surface area contributed by atoms with Gasteiger partial charge >= 0.3 is 0 Å². The molecule has 0 radical (unpaired) electrons. The second-order valence-corrected chi connectivity index (χ2v) is 5.67. The molecular weight excluding hydrogens is 330 g/mol. The third kappa shape index (κ3) is 3.16. The van der Waals surface area contributed by atoms with Gasteiger partial charge in [-0.2, -0.15) is 0 Å². The first-order valence-electron chi connectivity index (χ1n) is 6.69. The second kappa shape index (κ2) is 6.14. The molecule has 3 nitrogen and oxygen atoms in total. The molecule has 0 spiro atoms. The lowest BCUT2D eigenvalue weighted by molar-refractivity contribution is 0.112. The van der Waals surface area contributed by atoms with E-state index in [0.29, 0.717) is 12.2 Å². The first kappa shape index (κ1) is 13.9. The maximum Gasteiger partial charge on any atom is 0.150 e. The number of aromatic nitrogens is 1. The van der Waals surface area contributed by atoms with E-state index in [2.05, 4.69) is 20.5 Å². The summed E-state index contributed by atoms with van der Waals surface area (Å²) >= 11 is 3.42. The summed E-state index contributed by atoms with van der Waals surface area (Å²) in [6, 6.07) is 15.5. The zero-order valence-electron chi connectivity index (χ0n) is 11.3. The highest BCUT2D eigenvalue weighted by molar-refractivity contribution is 9.10. The fraction of sp³-hybridized carbons (Fsp3) is 0.118. The third-order valence-electron chi connectivity index (χ3n) is 3.33. The summed E-state index contributed by atoms with van der Waals surface area (Å²) in [5.74, 6) is 0.842. The monoisotopic (exact) mass is 343 g/mol. The molecule has 2 aromatic carbocycles. The van der Waals surface area contributed by atoms with Crippen LogP contribution < -0.4 is 4.74 Å². The predicted molar refractivity (Wildman–Crippen MR) is 87.0 cm³/mol. The van der Waals surface area contributed by atoms with Gasteiger partial charge in [-0.1, -0.05) is 34.1 Å². The fourth-order valence-electron chi connectivity index (χ4n) is 2.29. The average molecular weight is 344 g/mol. The zero-order valence-corrected chi connectivity index (χ0v) is 12.9. The largest absolute Gasteiger partial charge is 0.492 e. The first-order chi connectivity index (χ1) is 10.3. The van der Waals surface area contributed by atoms with E-state index < -0.39 is 0 Å². The lowest BCUT2D eigenvalue weighted by Gasteiger charge is -2.09. The summed E-state index contributed by atoms with van der Waals surface area (Å²) in [6.45, 7) is 1.31. The minimum atomic E-state index is 0.575. The maximum absolute atomic E-state index is 10.9. The van der Waals surface area contributed by atoms with Gasteiger partial charge < -0.3 is 9.30 Å². The van der Waals surface area contributed by atoms with Gasteiger partial charge in [-0.25, -0.2) is 0 Å². The van der Waals surface area contributed by atoms with Crippen LogP contribution in [-0.4, -0.2) is 17.5 Å². The van der Waals surface area contributed by atoms with Gasteiger partial charge in [0.05, 0.1) is 6.54 Å². The number of carbonyl (C=O) groups is 1. The number of nitrogens with zero attached hydrogens (tertiary/aromatic N) is 1. The normalized spacial score (nSPS) is 10.7. The van der Waals surface area contributed by atoms with E-state index >= 15 is 0 Å². The zero-order chi connectivity index (χ0) is 14.7. The number of hydrogen-bond donors (Lipinski definition) is 0. The maximum atomic E-state index is 10.9. The van der Waals surface area contributed by atoms with Crippen LogP contribution in [-0.2, 0) is 6.54 Å². The number of aldehydes is 1. The Morgan fingerprint density at radius 3 is 2.86 bits per heavy atom. The number of fused-ring (bicyclic) bond motifs is 1. The SMILES string of the molecule is O=Cc1ccc2ccn(CCOc3cccc(Br)c3)c2c1. The van der Waals surface area contributed by atoms with E-state index in [1.54, 1.807) is 0 Å². The van der Waals surface area contributed by atoms with Crippen molar-refractivity contribution in [2.75, 3.05) is 6.61 Å². The summed E-state index contributed by atoms with van der Waals surface area (Å²) in [5.41, 5.74) is 1.74. The highest BCUT2D eigenvalue weighted by Crippen LogP contribution is 2.19. The molecule has 0 atom stereocenters. The van der Waals surface area contributed by atoms with Crippen molar-refractivity contribution in [1.29, 1.82) is 0 Å². The molecule has 4 heteroatoms. The summed E-state index contributed by atoms with van der Waals surface area (Å²) in [4.78, 5) is 10.9. The summed E-state index contributed by atoms with van der Waals surface area (Å²) in [7, 11) is 0. The van der Waals surface area contributed by atoms with Crippen molar-refractivity contribution in [2.24, 2.45) is 0 Å². The van der Waals surface area contributed by atoms with Gasteiger partial charge in [0.25, 0.3) is 0 Å². The van der Waals surface area contributed by atoms with Crippen molar-refractivity contribution < 1.29 is 9.53 Å². The van der Waals surface area contributed by atoms with Crippen molar-refractivity contribution >= 4 is 33.1 Å². The highest BCUT2D eigenvalue weighted by Gasteiger charge is 2.03. The van der Waals surface area contributed by atoms with Gasteiger partial charge in [-0.05, 0) is 35.7 Å². The van der Waals surface area contributed by atoms with E-state index in [4.69, 9.17) is 4.74 Å². The molecular formula is C17H14BrNO2. The van der Waals surface area contributed by atoms with Gasteiger partial charge in [0.2, 0.25) is 0 Å². The molecule has 0 aliphatic heterocycles. The summed E-state index contributed by atoms with van der Waals surface area (Å²) in [5, 5.41) is 1.13. The predicted octanol–water partition coefficient (Wildman–Crippen LogP) is 4.30. The van der Waals surface area contributed by atoms with Gasteiger partial charge in [0, 0.05) is 21.7 Å². The van der Waals surface area contributed by atoms with Crippen LogP contribution in [0.4, 0.5) is 0 Å².